The van der Waals surface area contributed by atoms with Crippen LogP contribution in [0.15, 0.2) is 46.6 Å². The summed E-state index contributed by atoms with van der Waals surface area (Å²) in [6.07, 6.45) is 17.4. The second-order valence-corrected chi connectivity index (χ2v) is 7.05. The van der Waals surface area contributed by atoms with Crippen LogP contribution in [0.4, 0.5) is 0 Å². The lowest BCUT2D eigenvalue weighted by atomic mass is 9.99. The van der Waals surface area contributed by atoms with E-state index < -0.39 is 0 Å². The molecule has 0 aromatic rings. The molecule has 0 aliphatic heterocycles. The van der Waals surface area contributed by atoms with Gasteiger partial charge in [-0.2, -0.15) is 0 Å². The molecule has 0 aromatic heterocycles. The molecule has 24 heavy (non-hydrogen) atoms. The minimum Gasteiger partial charge on any atom is -0.300 e. The fourth-order valence-corrected chi connectivity index (χ4v) is 2.55. The molecule has 1 nitrogen and oxygen atoms in total. The number of hydrogen-bond acceptors (Lipinski definition) is 1. The quantitative estimate of drug-likeness (QED) is 0.338. The average Bonchev–Trinajstić information content (AvgIpc) is 2.52. The monoisotopic (exact) mass is 330 g/mol. The number of carbonyl (C=O) groups is 1. The van der Waals surface area contributed by atoms with E-state index in [9.17, 15) is 4.79 Å². The van der Waals surface area contributed by atoms with Crippen molar-refractivity contribution < 1.29 is 4.79 Å². The molecule has 0 saturated carbocycles. The predicted molar refractivity (Wildman–Crippen MR) is 108 cm³/mol. The molecule has 0 heterocycles. The van der Waals surface area contributed by atoms with Crippen molar-refractivity contribution in [1.82, 2.24) is 0 Å². The molecule has 0 rings (SSSR count). The molecule has 0 N–H and O–H groups in total. The van der Waals surface area contributed by atoms with Crippen molar-refractivity contribution in [2.45, 2.75) is 92.9 Å². The molecule has 0 amide bonds. The molecule has 0 saturated heterocycles. The van der Waals surface area contributed by atoms with Gasteiger partial charge in [-0.1, -0.05) is 46.6 Å². The van der Waals surface area contributed by atoms with Gasteiger partial charge in [0.25, 0.3) is 0 Å². The van der Waals surface area contributed by atoms with Crippen LogP contribution in [0.3, 0.4) is 0 Å². The van der Waals surface area contributed by atoms with Crippen molar-refractivity contribution >= 4 is 5.78 Å². The molecule has 0 atom stereocenters. The Morgan fingerprint density at radius 1 is 0.667 bits per heavy atom. The van der Waals surface area contributed by atoms with Crippen molar-refractivity contribution in [2.75, 3.05) is 0 Å². The average molecular weight is 331 g/mol. The zero-order chi connectivity index (χ0) is 18.4. The van der Waals surface area contributed by atoms with Gasteiger partial charge in [-0.25, -0.2) is 0 Å². The molecule has 0 fully saturated rings. The van der Waals surface area contributed by atoms with Crippen molar-refractivity contribution in [1.29, 1.82) is 0 Å². The molecule has 136 valence electrons. The summed E-state index contributed by atoms with van der Waals surface area (Å²) in [4.78, 5) is 10.9. The van der Waals surface area contributed by atoms with Gasteiger partial charge in [-0.05, 0) is 86.5 Å². The highest BCUT2D eigenvalue weighted by atomic mass is 16.1. The Labute approximate surface area is 150 Å². The van der Waals surface area contributed by atoms with Crippen LogP contribution in [0.5, 0.6) is 0 Å². The molecule has 0 bridgehead atoms. The first kappa shape index (κ1) is 22.6. The largest absolute Gasteiger partial charge is 0.300 e. The van der Waals surface area contributed by atoms with E-state index in [0.717, 1.165) is 25.7 Å². The summed E-state index contributed by atoms with van der Waals surface area (Å²) >= 11 is 0. The fourth-order valence-electron chi connectivity index (χ4n) is 2.55. The molecule has 0 aliphatic rings. The number of rotatable bonds is 12. The minimum absolute atomic E-state index is 0.277. The lowest BCUT2D eigenvalue weighted by Crippen LogP contribution is -1.88. The maximum Gasteiger partial charge on any atom is 0.130 e. The van der Waals surface area contributed by atoms with Crippen molar-refractivity contribution in [3.8, 4) is 0 Å². The van der Waals surface area contributed by atoms with E-state index in [2.05, 4.69) is 58.9 Å². The molecule has 0 aromatic carbocycles. The van der Waals surface area contributed by atoms with Crippen LogP contribution >= 0.6 is 0 Å². The summed E-state index contributed by atoms with van der Waals surface area (Å²) in [5.74, 6) is 0.277. The van der Waals surface area contributed by atoms with Gasteiger partial charge >= 0.3 is 0 Å². The van der Waals surface area contributed by atoms with Gasteiger partial charge in [-0.3, -0.25) is 0 Å². The van der Waals surface area contributed by atoms with Gasteiger partial charge in [0.15, 0.2) is 0 Å². The lowest BCUT2D eigenvalue weighted by Gasteiger charge is -2.08. The van der Waals surface area contributed by atoms with Crippen LogP contribution in [-0.4, -0.2) is 5.78 Å². The number of hydrogen-bond donors (Lipinski definition) is 0. The molecule has 0 unspecified atom stereocenters. The molecular weight excluding hydrogens is 292 g/mol. The third kappa shape index (κ3) is 13.1. The summed E-state index contributed by atoms with van der Waals surface area (Å²) in [7, 11) is 0. The summed E-state index contributed by atoms with van der Waals surface area (Å²) in [6, 6.07) is 0. The van der Waals surface area contributed by atoms with Gasteiger partial charge in [-0.15, -0.1) is 0 Å². The topological polar surface area (TPSA) is 17.1 Å². The molecule has 1 heteroatoms. The zero-order valence-corrected chi connectivity index (χ0v) is 16.9. The Bertz CT molecular complexity index is 486. The first-order valence-corrected chi connectivity index (χ1v) is 9.43. The third-order valence-electron chi connectivity index (χ3n) is 4.57. The Hall–Kier alpha value is -1.37. The summed E-state index contributed by atoms with van der Waals surface area (Å²) in [5, 5.41) is 0. The van der Waals surface area contributed by atoms with E-state index in [0.29, 0.717) is 6.42 Å². The maximum absolute atomic E-state index is 10.9. The third-order valence-corrected chi connectivity index (χ3v) is 4.57. The highest BCUT2D eigenvalue weighted by Gasteiger charge is 1.99. The number of ketones is 1. The van der Waals surface area contributed by atoms with E-state index in [1.807, 2.05) is 0 Å². The van der Waals surface area contributed by atoms with E-state index in [-0.39, 0.29) is 5.78 Å². The maximum atomic E-state index is 10.9. The second kappa shape index (κ2) is 14.0. The minimum atomic E-state index is 0.277. The predicted octanol–water partition coefficient (Wildman–Crippen LogP) is 7.50. The Morgan fingerprint density at radius 2 is 1.21 bits per heavy atom. The highest BCUT2D eigenvalue weighted by Crippen LogP contribution is 2.19. The second-order valence-electron chi connectivity index (χ2n) is 7.05. The van der Waals surface area contributed by atoms with Crippen LogP contribution in [0.1, 0.15) is 92.9 Å². The van der Waals surface area contributed by atoms with Crippen molar-refractivity contribution in [2.24, 2.45) is 0 Å². The zero-order valence-electron chi connectivity index (χ0n) is 16.9. The number of carbonyl (C=O) groups excluding carboxylic acids is 1. The smallest absolute Gasteiger partial charge is 0.130 e. The van der Waals surface area contributed by atoms with Gasteiger partial charge < -0.3 is 4.79 Å². The van der Waals surface area contributed by atoms with E-state index in [4.69, 9.17) is 0 Å². The molecule has 0 aliphatic carbocycles. The Balaban J connectivity index is 4.14. The Kier molecular flexibility index (Phi) is 13.2. The molecular formula is C23H38O. The van der Waals surface area contributed by atoms with E-state index in [1.54, 1.807) is 18.1 Å². The molecule has 0 radical (unpaired) electrons. The molecule has 0 spiro atoms. The van der Waals surface area contributed by atoms with Crippen LogP contribution in [0, 0.1) is 0 Å². The lowest BCUT2D eigenvalue weighted by molar-refractivity contribution is -0.116. The van der Waals surface area contributed by atoms with Gasteiger partial charge in [0.2, 0.25) is 0 Å². The van der Waals surface area contributed by atoms with E-state index in [1.165, 1.54) is 30.4 Å². The first-order chi connectivity index (χ1) is 11.4. The van der Waals surface area contributed by atoms with Crippen molar-refractivity contribution in [3.63, 3.8) is 0 Å². The SMILES string of the molecule is C/C=C/CC/C(C)=C(/C)CC/C(C)=C/CC/C(C)=C/CCC(C)=O. The van der Waals surface area contributed by atoms with Crippen molar-refractivity contribution in [3.05, 3.63) is 46.6 Å². The van der Waals surface area contributed by atoms with Crippen LogP contribution in [0.25, 0.3) is 0 Å². The standard InChI is InChI=1S/C23H38O/c1-7-8-9-15-21(4)22(5)18-17-20(3)13-10-12-19(2)14-11-16-23(6)24/h7-8,13-14H,9-12,15-18H2,1-6H3/b8-7+,19-14+,20-13+,22-21-. The summed E-state index contributed by atoms with van der Waals surface area (Å²) < 4.78 is 0. The van der Waals surface area contributed by atoms with Crippen LogP contribution in [0.2, 0.25) is 0 Å². The van der Waals surface area contributed by atoms with Gasteiger partial charge in [0, 0.05) is 6.42 Å². The Morgan fingerprint density at radius 3 is 1.79 bits per heavy atom. The van der Waals surface area contributed by atoms with E-state index >= 15 is 0 Å². The number of allylic oxidation sites excluding steroid dienone is 8. The van der Waals surface area contributed by atoms with Gasteiger partial charge in [0.1, 0.15) is 5.78 Å². The summed E-state index contributed by atoms with van der Waals surface area (Å²) in [5.41, 5.74) is 5.99. The number of Topliss-reactive ketones (excluding diaryl/α,β-unsaturated/α-hetero) is 1. The fraction of sp³-hybridized carbons (Fsp3) is 0.609. The highest BCUT2D eigenvalue weighted by molar-refractivity contribution is 5.75. The normalized spacial score (nSPS) is 14.2. The first-order valence-electron chi connectivity index (χ1n) is 9.43. The van der Waals surface area contributed by atoms with Crippen LogP contribution in [-0.2, 0) is 4.79 Å². The van der Waals surface area contributed by atoms with Gasteiger partial charge in [0.05, 0.1) is 0 Å². The van der Waals surface area contributed by atoms with Crippen LogP contribution < -0.4 is 0 Å². The summed E-state index contributed by atoms with van der Waals surface area (Å²) in [6.45, 7) is 12.7.